The Balaban J connectivity index is 2.70. The van der Waals surface area contributed by atoms with E-state index in [1.54, 1.807) is 0 Å². The fourth-order valence-corrected chi connectivity index (χ4v) is 1.13. The number of amides is 1. The molecule has 0 aromatic heterocycles. The van der Waals surface area contributed by atoms with Gasteiger partial charge >= 0.3 is 0 Å². The molecule has 1 amide bonds. The summed E-state index contributed by atoms with van der Waals surface area (Å²) in [6.45, 7) is -0.129. The van der Waals surface area contributed by atoms with E-state index in [2.05, 4.69) is 21.2 Å². The van der Waals surface area contributed by atoms with Crippen LogP contribution < -0.4 is 5.32 Å². The molecule has 0 radical (unpaired) electrons. The first-order chi connectivity index (χ1) is 7.50. The Morgan fingerprint density at radius 1 is 1.31 bits per heavy atom. The Bertz CT molecular complexity index is 430. The van der Waals surface area contributed by atoms with Crippen molar-refractivity contribution in [2.24, 2.45) is 0 Å². The molecule has 0 bridgehead atoms. The van der Waals surface area contributed by atoms with Gasteiger partial charge in [0, 0.05) is 17.7 Å². The van der Waals surface area contributed by atoms with Crippen molar-refractivity contribution in [2.45, 2.75) is 0 Å². The molecular formula is C9H7BrN2O4. The lowest BCUT2D eigenvalue weighted by Crippen LogP contribution is -2.27. The maximum Gasteiger partial charge on any atom is 0.269 e. The van der Waals surface area contributed by atoms with Gasteiger partial charge in [-0.25, -0.2) is 0 Å². The molecule has 0 saturated heterocycles. The van der Waals surface area contributed by atoms with Gasteiger partial charge in [0.25, 0.3) is 11.6 Å². The summed E-state index contributed by atoms with van der Waals surface area (Å²) in [7, 11) is 0. The average molecular weight is 287 g/mol. The first kappa shape index (κ1) is 12.3. The van der Waals surface area contributed by atoms with E-state index in [1.807, 2.05) is 0 Å². The molecule has 0 aliphatic carbocycles. The maximum atomic E-state index is 11.4. The Morgan fingerprint density at radius 2 is 1.88 bits per heavy atom. The molecule has 0 atom stereocenters. The summed E-state index contributed by atoms with van der Waals surface area (Å²) in [5, 5.41) is 12.7. The van der Waals surface area contributed by atoms with Crippen molar-refractivity contribution in [2.75, 3.05) is 6.54 Å². The van der Waals surface area contributed by atoms with Crippen LogP contribution in [0.1, 0.15) is 10.4 Å². The van der Waals surface area contributed by atoms with Crippen LogP contribution in [-0.2, 0) is 4.79 Å². The number of nitrogens with zero attached hydrogens (tertiary/aromatic N) is 1. The lowest BCUT2D eigenvalue weighted by Gasteiger charge is -2.01. The van der Waals surface area contributed by atoms with Gasteiger partial charge in [0.05, 0.1) is 11.5 Å². The molecular weight excluding hydrogens is 280 g/mol. The topological polar surface area (TPSA) is 89.3 Å². The van der Waals surface area contributed by atoms with Crippen LogP contribution >= 0.6 is 15.9 Å². The molecule has 7 heteroatoms. The predicted molar refractivity (Wildman–Crippen MR) is 59.4 cm³/mol. The minimum absolute atomic E-state index is 0.0897. The second-order valence-corrected chi connectivity index (χ2v) is 3.73. The van der Waals surface area contributed by atoms with Crippen LogP contribution in [0, 0.1) is 10.1 Å². The van der Waals surface area contributed by atoms with Crippen molar-refractivity contribution >= 4 is 32.2 Å². The summed E-state index contributed by atoms with van der Waals surface area (Å²) in [5.41, 5.74) is 0.174. The molecule has 1 aromatic carbocycles. The number of benzene rings is 1. The third-order valence-electron chi connectivity index (χ3n) is 1.73. The zero-order chi connectivity index (χ0) is 12.1. The van der Waals surface area contributed by atoms with Crippen molar-refractivity contribution < 1.29 is 14.5 Å². The van der Waals surface area contributed by atoms with Crippen LogP contribution in [0.5, 0.6) is 0 Å². The molecule has 1 rings (SSSR count). The van der Waals surface area contributed by atoms with Crippen molar-refractivity contribution in [3.63, 3.8) is 0 Å². The van der Waals surface area contributed by atoms with Gasteiger partial charge in [-0.2, -0.15) is 0 Å². The third kappa shape index (κ3) is 3.43. The van der Waals surface area contributed by atoms with Crippen LogP contribution in [-0.4, -0.2) is 22.1 Å². The fourth-order valence-electron chi connectivity index (χ4n) is 0.986. The average Bonchev–Trinajstić information content (AvgIpc) is 2.26. The van der Waals surface area contributed by atoms with Gasteiger partial charge < -0.3 is 5.32 Å². The van der Waals surface area contributed by atoms with E-state index >= 15 is 0 Å². The monoisotopic (exact) mass is 286 g/mol. The highest BCUT2D eigenvalue weighted by atomic mass is 79.9. The predicted octanol–water partition coefficient (Wildman–Crippen LogP) is 1.25. The Hall–Kier alpha value is -1.76. The van der Waals surface area contributed by atoms with Crippen LogP contribution in [0.3, 0.4) is 0 Å². The summed E-state index contributed by atoms with van der Waals surface area (Å²) < 4.78 is -0.345. The molecule has 0 saturated carbocycles. The SMILES string of the molecule is O=C(Br)CNC(=O)c1ccc([N+](=O)[O-])cc1. The van der Waals surface area contributed by atoms with E-state index in [1.165, 1.54) is 24.3 Å². The van der Waals surface area contributed by atoms with Gasteiger partial charge in [-0.3, -0.25) is 19.7 Å². The van der Waals surface area contributed by atoms with E-state index in [4.69, 9.17) is 0 Å². The summed E-state index contributed by atoms with van der Waals surface area (Å²) in [5.74, 6) is -0.456. The van der Waals surface area contributed by atoms with E-state index in [0.29, 0.717) is 0 Å². The van der Waals surface area contributed by atoms with Gasteiger partial charge in [0.15, 0.2) is 0 Å². The molecule has 0 unspecified atom stereocenters. The standard InChI is InChI=1S/C9H7BrN2O4/c10-8(13)5-11-9(14)6-1-3-7(4-2-6)12(15)16/h1-4H,5H2,(H,11,14). The van der Waals surface area contributed by atoms with Crippen molar-refractivity contribution in [3.05, 3.63) is 39.9 Å². The molecule has 84 valence electrons. The molecule has 0 fully saturated rings. The zero-order valence-corrected chi connectivity index (χ0v) is 9.56. The number of halogens is 1. The summed E-state index contributed by atoms with van der Waals surface area (Å²) >= 11 is 2.66. The lowest BCUT2D eigenvalue weighted by atomic mass is 10.2. The zero-order valence-electron chi connectivity index (χ0n) is 7.97. The van der Waals surface area contributed by atoms with E-state index in [9.17, 15) is 19.7 Å². The quantitative estimate of drug-likeness (QED) is 0.512. The first-order valence-corrected chi connectivity index (χ1v) is 5.01. The number of hydrogen-bond donors (Lipinski definition) is 1. The second kappa shape index (κ2) is 5.36. The Labute approximate surface area is 98.9 Å². The van der Waals surface area contributed by atoms with Gasteiger partial charge in [0.2, 0.25) is 4.69 Å². The van der Waals surface area contributed by atoms with Gasteiger partial charge in [-0.1, -0.05) is 0 Å². The molecule has 0 aliphatic rings. The smallest absolute Gasteiger partial charge is 0.269 e. The molecule has 0 aliphatic heterocycles. The number of rotatable bonds is 4. The first-order valence-electron chi connectivity index (χ1n) is 4.21. The van der Waals surface area contributed by atoms with Gasteiger partial charge in [0.1, 0.15) is 0 Å². The van der Waals surface area contributed by atoms with Crippen LogP contribution in [0.25, 0.3) is 0 Å². The summed E-state index contributed by atoms with van der Waals surface area (Å²) in [6.07, 6.45) is 0. The summed E-state index contributed by atoms with van der Waals surface area (Å²) in [4.78, 5) is 31.7. The normalized spacial score (nSPS) is 9.56. The fraction of sp³-hybridized carbons (Fsp3) is 0.111. The van der Waals surface area contributed by atoms with Gasteiger partial charge in [-0.15, -0.1) is 0 Å². The van der Waals surface area contributed by atoms with Gasteiger partial charge in [-0.05, 0) is 28.1 Å². The molecule has 6 nitrogen and oxygen atoms in total. The Kier molecular flexibility index (Phi) is 4.12. The molecule has 1 aromatic rings. The summed E-state index contributed by atoms with van der Waals surface area (Å²) in [6, 6.07) is 5.11. The number of non-ortho nitro benzene ring substituents is 1. The number of hydrogen-bond acceptors (Lipinski definition) is 4. The number of nitro benzene ring substituents is 1. The highest BCUT2D eigenvalue weighted by Gasteiger charge is 2.09. The third-order valence-corrected chi connectivity index (χ3v) is 2.01. The van der Waals surface area contributed by atoms with E-state index in [0.717, 1.165) is 0 Å². The van der Waals surface area contributed by atoms with E-state index < -0.39 is 10.8 Å². The van der Waals surface area contributed by atoms with E-state index in [-0.39, 0.29) is 22.5 Å². The van der Waals surface area contributed by atoms with Crippen LogP contribution in [0.15, 0.2) is 24.3 Å². The number of carbonyl (C=O) groups excluding carboxylic acids is 2. The lowest BCUT2D eigenvalue weighted by molar-refractivity contribution is -0.384. The van der Waals surface area contributed by atoms with Crippen LogP contribution in [0.4, 0.5) is 5.69 Å². The van der Waals surface area contributed by atoms with Crippen LogP contribution in [0.2, 0.25) is 0 Å². The molecule has 16 heavy (non-hydrogen) atoms. The number of carbonyl (C=O) groups is 2. The van der Waals surface area contributed by atoms with Crippen molar-refractivity contribution in [3.8, 4) is 0 Å². The highest BCUT2D eigenvalue weighted by molar-refractivity contribution is 9.18. The highest BCUT2D eigenvalue weighted by Crippen LogP contribution is 2.11. The van der Waals surface area contributed by atoms with Crippen molar-refractivity contribution in [1.82, 2.24) is 5.32 Å². The number of nitrogens with one attached hydrogen (secondary N) is 1. The minimum Gasteiger partial charge on any atom is -0.344 e. The Morgan fingerprint density at radius 3 is 2.31 bits per heavy atom. The molecule has 0 spiro atoms. The molecule has 1 N–H and O–H groups in total. The second-order valence-electron chi connectivity index (χ2n) is 2.84. The van der Waals surface area contributed by atoms with Crippen molar-refractivity contribution in [1.29, 1.82) is 0 Å². The molecule has 0 heterocycles. The maximum absolute atomic E-state index is 11.4. The number of nitro groups is 1. The largest absolute Gasteiger partial charge is 0.344 e. The minimum atomic E-state index is -0.552.